The van der Waals surface area contributed by atoms with Crippen LogP contribution in [0.25, 0.3) is 0 Å². The van der Waals surface area contributed by atoms with Gasteiger partial charge in [0, 0.05) is 0 Å². The Morgan fingerprint density at radius 3 is 2.48 bits per heavy atom. The Morgan fingerprint density at radius 2 is 1.89 bits per heavy atom. The van der Waals surface area contributed by atoms with Crippen LogP contribution in [0.3, 0.4) is 0 Å². The summed E-state index contributed by atoms with van der Waals surface area (Å²) in [5.41, 5.74) is -1.83. The van der Waals surface area contributed by atoms with Crippen molar-refractivity contribution in [3.05, 3.63) is 0 Å². The summed E-state index contributed by atoms with van der Waals surface area (Å²) < 4.78 is 56.7. The topological polar surface area (TPSA) is 119 Å². The molecule has 11 heteroatoms. The van der Waals surface area contributed by atoms with E-state index < -0.39 is 57.7 Å². The third-order valence-corrected chi connectivity index (χ3v) is 4.88. The molecule has 0 spiro atoms. The van der Waals surface area contributed by atoms with Crippen LogP contribution in [0.5, 0.6) is 0 Å². The Bertz CT molecular complexity index is 701. The Kier molecular flexibility index (Phi) is 5.02. The van der Waals surface area contributed by atoms with E-state index in [1.54, 1.807) is 34.6 Å². The monoisotopic (exact) mass is 409 g/mol. The lowest BCUT2D eigenvalue weighted by Gasteiger charge is -2.41. The minimum atomic E-state index is -3.69. The molecule has 27 heavy (non-hydrogen) atoms. The van der Waals surface area contributed by atoms with Gasteiger partial charge >= 0.3 is 6.09 Å². The third-order valence-electron chi connectivity index (χ3n) is 4.34. The quantitative estimate of drug-likeness (QED) is 0.662. The Morgan fingerprint density at radius 1 is 1.22 bits per heavy atom. The molecule has 3 saturated heterocycles. The van der Waals surface area contributed by atoms with Crippen molar-refractivity contribution in [1.29, 1.82) is 0 Å². The van der Waals surface area contributed by atoms with Crippen molar-refractivity contribution >= 4 is 16.2 Å². The molecule has 3 heterocycles. The summed E-state index contributed by atoms with van der Waals surface area (Å²) in [6.07, 6.45) is -1.86. The van der Waals surface area contributed by atoms with Crippen molar-refractivity contribution in [2.24, 2.45) is 0 Å². The summed E-state index contributed by atoms with van der Waals surface area (Å²) in [4.78, 5) is 12.2. The minimum absolute atomic E-state index is 0.0420. The van der Waals surface area contributed by atoms with E-state index in [-0.39, 0.29) is 13.2 Å². The van der Waals surface area contributed by atoms with E-state index in [4.69, 9.17) is 27.9 Å². The molecule has 3 aliphatic rings. The first-order valence-electron chi connectivity index (χ1n) is 8.69. The molecule has 5 atom stereocenters. The van der Waals surface area contributed by atoms with E-state index in [2.05, 4.69) is 5.32 Å². The van der Waals surface area contributed by atoms with Crippen LogP contribution in [0.1, 0.15) is 34.6 Å². The summed E-state index contributed by atoms with van der Waals surface area (Å²) in [5, 5.41) is 2.73. The van der Waals surface area contributed by atoms with Crippen LogP contribution in [0, 0.1) is 0 Å². The fourth-order valence-corrected chi connectivity index (χ4v) is 3.83. The number of carbonyl (C=O) groups is 1. The van der Waals surface area contributed by atoms with E-state index >= 15 is 0 Å². The molecule has 0 aromatic carbocycles. The summed E-state index contributed by atoms with van der Waals surface area (Å²) in [5.74, 6) is -0.949. The second kappa shape index (κ2) is 6.53. The van der Waals surface area contributed by atoms with Crippen LogP contribution < -0.4 is 5.32 Å². The number of amides is 1. The molecule has 0 aromatic rings. The zero-order valence-electron chi connectivity index (χ0n) is 16.3. The van der Waals surface area contributed by atoms with Gasteiger partial charge in [-0.25, -0.2) is 4.79 Å². The standard InChI is InChI=1S/C16H27NO9S/c1-14(2,3)26-13(18)17-9-10-11(24-15(4,5)23-10)16(7-21-12(9)25-16)8-22-27(6,19)20/h9-12H,7-8H2,1-6H3,(H,17,18)/t9-,10-,11-,12+,16-/m1/s1. The molecular formula is C16H27NO9S. The van der Waals surface area contributed by atoms with Gasteiger partial charge in [0.05, 0.1) is 12.9 Å². The molecule has 0 aliphatic carbocycles. The van der Waals surface area contributed by atoms with Crippen molar-refractivity contribution in [2.45, 2.75) is 76.1 Å². The lowest BCUT2D eigenvalue weighted by Crippen LogP contribution is -2.65. The predicted molar refractivity (Wildman–Crippen MR) is 91.3 cm³/mol. The maximum atomic E-state index is 12.2. The Labute approximate surface area is 158 Å². The summed E-state index contributed by atoms with van der Waals surface area (Å²) in [6.45, 7) is 8.49. The number of hydrogen-bond acceptors (Lipinski definition) is 9. The highest BCUT2D eigenvalue weighted by Crippen LogP contribution is 2.46. The zero-order chi connectivity index (χ0) is 20.3. The van der Waals surface area contributed by atoms with Crippen LogP contribution in [-0.4, -0.2) is 75.5 Å². The molecule has 3 fully saturated rings. The van der Waals surface area contributed by atoms with Crippen molar-refractivity contribution in [2.75, 3.05) is 19.5 Å². The average molecular weight is 409 g/mol. The molecule has 0 radical (unpaired) electrons. The van der Waals surface area contributed by atoms with Crippen LogP contribution in [-0.2, 0) is 38.0 Å². The number of alkyl carbamates (subject to hydrolysis) is 1. The van der Waals surface area contributed by atoms with E-state index in [0.717, 1.165) is 6.26 Å². The number of hydrogen-bond donors (Lipinski definition) is 1. The molecule has 0 aromatic heterocycles. The highest BCUT2D eigenvalue weighted by atomic mass is 32.2. The zero-order valence-corrected chi connectivity index (χ0v) is 17.1. The van der Waals surface area contributed by atoms with E-state index in [0.29, 0.717) is 0 Å². The van der Waals surface area contributed by atoms with Crippen molar-refractivity contribution in [3.63, 3.8) is 0 Å². The first-order chi connectivity index (χ1) is 12.2. The fourth-order valence-electron chi connectivity index (χ4n) is 3.42. The summed E-state index contributed by atoms with van der Waals surface area (Å²) >= 11 is 0. The van der Waals surface area contributed by atoms with Gasteiger partial charge in [-0.15, -0.1) is 0 Å². The second-order valence-electron chi connectivity index (χ2n) is 8.52. The van der Waals surface area contributed by atoms with E-state index in [1.807, 2.05) is 0 Å². The van der Waals surface area contributed by atoms with Crippen LogP contribution in [0.2, 0.25) is 0 Å². The van der Waals surface area contributed by atoms with Gasteiger partial charge in [0.15, 0.2) is 12.1 Å². The number of rotatable bonds is 4. The van der Waals surface area contributed by atoms with Gasteiger partial charge < -0.3 is 29.0 Å². The SMILES string of the molecule is CC(C)(C)OC(=O)N[C@H]1[C@H]2OC[C@](COS(C)(=O)=O)(O2)[C@@H]2OC(C)(C)O[C@H]12. The van der Waals surface area contributed by atoms with Gasteiger partial charge in [-0.3, -0.25) is 4.18 Å². The van der Waals surface area contributed by atoms with Crippen LogP contribution in [0.15, 0.2) is 0 Å². The van der Waals surface area contributed by atoms with Crippen molar-refractivity contribution in [3.8, 4) is 0 Å². The largest absolute Gasteiger partial charge is 0.444 e. The van der Waals surface area contributed by atoms with Crippen molar-refractivity contribution in [1.82, 2.24) is 5.32 Å². The Balaban J connectivity index is 1.81. The van der Waals surface area contributed by atoms with Gasteiger partial charge in [0.2, 0.25) is 0 Å². The summed E-state index contributed by atoms with van der Waals surface area (Å²) in [7, 11) is -3.69. The lowest BCUT2D eigenvalue weighted by molar-refractivity contribution is -0.204. The predicted octanol–water partition coefficient (Wildman–Crippen LogP) is 0.501. The molecular weight excluding hydrogens is 382 g/mol. The van der Waals surface area contributed by atoms with E-state index in [9.17, 15) is 13.2 Å². The number of nitrogens with one attached hydrogen (secondary N) is 1. The molecule has 1 amide bonds. The lowest BCUT2D eigenvalue weighted by atomic mass is 9.88. The van der Waals surface area contributed by atoms with Crippen LogP contribution in [0.4, 0.5) is 4.79 Å². The van der Waals surface area contributed by atoms with Crippen molar-refractivity contribution < 1.29 is 41.1 Å². The highest BCUT2D eigenvalue weighted by Gasteiger charge is 2.66. The molecule has 3 rings (SSSR count). The maximum Gasteiger partial charge on any atom is 0.408 e. The second-order valence-corrected chi connectivity index (χ2v) is 10.2. The third kappa shape index (κ3) is 4.54. The first kappa shape index (κ1) is 20.7. The highest BCUT2D eigenvalue weighted by molar-refractivity contribution is 7.85. The smallest absolute Gasteiger partial charge is 0.408 e. The normalized spacial score (nSPS) is 37.7. The average Bonchev–Trinajstić information content (AvgIpc) is 3.00. The molecule has 1 N–H and O–H groups in total. The van der Waals surface area contributed by atoms with Gasteiger partial charge in [0.25, 0.3) is 10.1 Å². The fraction of sp³-hybridized carbons (Fsp3) is 0.938. The maximum absolute atomic E-state index is 12.2. The van der Waals surface area contributed by atoms with Gasteiger partial charge in [-0.1, -0.05) is 0 Å². The van der Waals surface area contributed by atoms with Gasteiger partial charge in [0.1, 0.15) is 36.1 Å². The first-order valence-corrected chi connectivity index (χ1v) is 10.5. The number of carbonyl (C=O) groups excluding carboxylic acids is 1. The van der Waals surface area contributed by atoms with E-state index in [1.165, 1.54) is 0 Å². The van der Waals surface area contributed by atoms with Gasteiger partial charge in [-0.05, 0) is 34.6 Å². The van der Waals surface area contributed by atoms with Crippen LogP contribution >= 0.6 is 0 Å². The minimum Gasteiger partial charge on any atom is -0.444 e. The molecule has 10 nitrogen and oxygen atoms in total. The molecule has 3 aliphatic heterocycles. The number of fused-ring (bicyclic) bond motifs is 4. The molecule has 156 valence electrons. The molecule has 0 saturated carbocycles. The molecule has 2 bridgehead atoms. The Hall–Kier alpha value is -0.980. The number of ether oxygens (including phenoxy) is 5. The van der Waals surface area contributed by atoms with Gasteiger partial charge in [-0.2, -0.15) is 8.42 Å². The summed E-state index contributed by atoms with van der Waals surface area (Å²) in [6, 6.07) is -0.694. The molecule has 0 unspecified atom stereocenters.